The summed E-state index contributed by atoms with van der Waals surface area (Å²) in [6, 6.07) is 46.6. The molecule has 1 aromatic heterocycles. The summed E-state index contributed by atoms with van der Waals surface area (Å²) in [4.78, 5) is 6.87. The summed E-state index contributed by atoms with van der Waals surface area (Å²) in [6.45, 7) is 26.4. The molecule has 0 N–H and O–H groups in total. The zero-order valence-electron chi connectivity index (χ0n) is 36.8. The molecule has 0 unspecified atom stereocenters. The Labute approximate surface area is 357 Å². The molecule has 10 rings (SSSR count). The van der Waals surface area contributed by atoms with Crippen molar-refractivity contribution in [3.05, 3.63) is 148 Å². The minimum Gasteiger partial charge on any atom is -0.311 e. The molecule has 0 saturated carbocycles. The fourth-order valence-corrected chi connectivity index (χ4v) is 12.0. The van der Waals surface area contributed by atoms with E-state index >= 15 is 0 Å². The van der Waals surface area contributed by atoms with Crippen LogP contribution in [0.1, 0.15) is 109 Å². The largest absolute Gasteiger partial charge is 0.311 e. The lowest BCUT2D eigenvalue weighted by Gasteiger charge is -2.46. The van der Waals surface area contributed by atoms with E-state index in [1.807, 2.05) is 0 Å². The molecule has 296 valence electrons. The Hall–Kier alpha value is -5.06. The van der Waals surface area contributed by atoms with Gasteiger partial charge in [-0.2, -0.15) is 11.3 Å². The number of hydrogen-bond acceptors (Lipinski definition) is 3. The number of rotatable bonds is 3. The van der Waals surface area contributed by atoms with E-state index < -0.39 is 0 Å². The van der Waals surface area contributed by atoms with Gasteiger partial charge in [0, 0.05) is 38.0 Å². The van der Waals surface area contributed by atoms with Crippen molar-refractivity contribution in [1.82, 2.24) is 0 Å². The number of nitrogens with zero attached hydrogens (tertiary/aromatic N) is 2. The minimum atomic E-state index is -0.00372. The molecule has 7 aromatic rings. The fraction of sp³-hybridized carbons (Fsp3) is 0.309. The fourth-order valence-electron chi connectivity index (χ4n) is 10.3. The van der Waals surface area contributed by atoms with Crippen LogP contribution in [-0.2, 0) is 21.7 Å². The topological polar surface area (TPSA) is 6.48 Å². The Kier molecular flexibility index (Phi) is 8.39. The van der Waals surface area contributed by atoms with Gasteiger partial charge in [-0.25, -0.2) is 0 Å². The predicted octanol–water partition coefficient (Wildman–Crippen LogP) is 13.9. The van der Waals surface area contributed by atoms with Gasteiger partial charge in [0.25, 0.3) is 6.71 Å². The van der Waals surface area contributed by atoms with Gasteiger partial charge in [-0.15, -0.1) is 0 Å². The molecule has 1 aliphatic carbocycles. The SMILES string of the molecule is Cc1cc2c3c(c1)N(c1ccc(C(C)(C)C)cc1)c1c(sc4c1C(C)(C)CCC4(C)C)B3c1cc(C(C)(C)C)ccc1N2c1ccccc1-c1ccc2ccccc2c1. The molecule has 2 aliphatic heterocycles. The highest BCUT2D eigenvalue weighted by atomic mass is 32.1. The Morgan fingerprint density at radius 1 is 0.576 bits per heavy atom. The molecular weight excluding hydrogens is 731 g/mol. The van der Waals surface area contributed by atoms with Gasteiger partial charge < -0.3 is 9.80 Å². The molecular formula is C55H57BN2S. The molecule has 0 radical (unpaired) electrons. The first-order chi connectivity index (χ1) is 27.9. The number of benzene rings is 6. The van der Waals surface area contributed by atoms with E-state index in [1.165, 1.54) is 101 Å². The van der Waals surface area contributed by atoms with E-state index in [4.69, 9.17) is 0 Å². The Bertz CT molecular complexity index is 2830. The second-order valence-corrected chi connectivity index (χ2v) is 22.1. The van der Waals surface area contributed by atoms with Crippen LogP contribution in [0.15, 0.2) is 121 Å². The van der Waals surface area contributed by atoms with Crippen molar-refractivity contribution < 1.29 is 0 Å². The molecule has 59 heavy (non-hydrogen) atoms. The van der Waals surface area contributed by atoms with Gasteiger partial charge in [0.1, 0.15) is 0 Å². The van der Waals surface area contributed by atoms with Crippen LogP contribution in [0.2, 0.25) is 0 Å². The first kappa shape index (κ1) is 38.2. The second kappa shape index (κ2) is 13.0. The quantitative estimate of drug-likeness (QED) is 0.165. The van der Waals surface area contributed by atoms with Crippen molar-refractivity contribution in [1.29, 1.82) is 0 Å². The molecule has 4 heteroatoms. The van der Waals surface area contributed by atoms with Gasteiger partial charge in [-0.3, -0.25) is 0 Å². The number of fused-ring (bicyclic) bond motifs is 7. The van der Waals surface area contributed by atoms with Crippen LogP contribution < -0.4 is 25.5 Å². The first-order valence-electron chi connectivity index (χ1n) is 21.7. The number of aryl methyl sites for hydroxylation is 1. The zero-order chi connectivity index (χ0) is 41.4. The third-order valence-electron chi connectivity index (χ3n) is 13.8. The number of para-hydroxylation sites is 1. The van der Waals surface area contributed by atoms with Crippen molar-refractivity contribution in [2.75, 3.05) is 9.80 Å². The number of anilines is 6. The number of thiophene rings is 1. The summed E-state index contributed by atoms with van der Waals surface area (Å²) >= 11 is 2.11. The van der Waals surface area contributed by atoms with Gasteiger partial charge in [-0.05, 0) is 133 Å². The molecule has 3 aliphatic rings. The molecule has 0 fully saturated rings. The lowest BCUT2D eigenvalue weighted by Crippen LogP contribution is -2.61. The van der Waals surface area contributed by atoms with Gasteiger partial charge in [0.05, 0.1) is 11.4 Å². The summed E-state index contributed by atoms with van der Waals surface area (Å²) in [5, 5.41) is 2.52. The van der Waals surface area contributed by atoms with Crippen LogP contribution in [0.5, 0.6) is 0 Å². The smallest absolute Gasteiger partial charge is 0.264 e. The van der Waals surface area contributed by atoms with Crippen LogP contribution >= 0.6 is 11.3 Å². The minimum absolute atomic E-state index is 0.00372. The van der Waals surface area contributed by atoms with Crippen molar-refractivity contribution in [3.8, 4) is 11.1 Å². The van der Waals surface area contributed by atoms with Gasteiger partial charge in [0.2, 0.25) is 0 Å². The van der Waals surface area contributed by atoms with E-state index in [9.17, 15) is 0 Å². The Morgan fingerprint density at radius 2 is 1.20 bits per heavy atom. The van der Waals surface area contributed by atoms with E-state index in [-0.39, 0.29) is 28.4 Å². The Balaban J connectivity index is 1.31. The van der Waals surface area contributed by atoms with Crippen molar-refractivity contribution in [3.63, 3.8) is 0 Å². The van der Waals surface area contributed by atoms with E-state index in [2.05, 4.69) is 219 Å². The van der Waals surface area contributed by atoms with Crippen molar-refractivity contribution in [2.45, 2.75) is 111 Å². The average Bonchev–Trinajstić information content (AvgIpc) is 3.62. The Morgan fingerprint density at radius 3 is 1.92 bits per heavy atom. The lowest BCUT2D eigenvalue weighted by molar-refractivity contribution is 0.339. The maximum Gasteiger partial charge on any atom is 0.264 e. The van der Waals surface area contributed by atoms with Crippen molar-refractivity contribution in [2.24, 2.45) is 0 Å². The van der Waals surface area contributed by atoms with E-state index in [0.717, 1.165) is 0 Å². The molecule has 2 nitrogen and oxygen atoms in total. The maximum atomic E-state index is 2.69. The summed E-state index contributed by atoms with van der Waals surface area (Å²) in [5.74, 6) is 0. The van der Waals surface area contributed by atoms with Gasteiger partial charge in [0.15, 0.2) is 0 Å². The van der Waals surface area contributed by atoms with Crippen LogP contribution in [0, 0.1) is 6.92 Å². The third kappa shape index (κ3) is 5.95. The van der Waals surface area contributed by atoms with E-state index in [1.54, 1.807) is 10.4 Å². The summed E-state index contributed by atoms with van der Waals surface area (Å²) in [5.41, 5.74) is 18.8. The van der Waals surface area contributed by atoms with Crippen LogP contribution in [-0.4, -0.2) is 6.71 Å². The zero-order valence-corrected chi connectivity index (χ0v) is 37.7. The first-order valence-corrected chi connectivity index (χ1v) is 22.5. The van der Waals surface area contributed by atoms with Gasteiger partial charge >= 0.3 is 0 Å². The maximum absolute atomic E-state index is 2.69. The highest BCUT2D eigenvalue weighted by molar-refractivity contribution is 7.29. The van der Waals surface area contributed by atoms with Crippen LogP contribution in [0.4, 0.5) is 34.1 Å². The molecule has 0 amide bonds. The summed E-state index contributed by atoms with van der Waals surface area (Å²) < 4.78 is 1.49. The standard InChI is InChI=1S/C55H57BN2S/c1-34-30-45-48-46(31-34)58(43-19-15-14-18-41(43)37-21-20-35-16-12-13-17-36(35)32-37)44-27-24-39(53(5,6)7)33-42(44)56(48)51-49(47-50(59-51)55(10,11)29-28-54(47,8)9)57(45)40-25-22-38(23-26-40)52(2,3)4/h12-27,30-33H,28-29H2,1-11H3. The highest BCUT2D eigenvalue weighted by Crippen LogP contribution is 2.56. The second-order valence-electron chi connectivity index (χ2n) is 21.0. The van der Waals surface area contributed by atoms with Crippen molar-refractivity contribution >= 4 is 78.6 Å². The summed E-state index contributed by atoms with van der Waals surface area (Å²) in [6.07, 6.45) is 2.37. The average molecular weight is 789 g/mol. The lowest BCUT2D eigenvalue weighted by atomic mass is 9.35. The molecule has 0 spiro atoms. The molecule has 3 heterocycles. The van der Waals surface area contributed by atoms with Gasteiger partial charge in [-0.1, -0.05) is 148 Å². The molecule has 0 saturated heterocycles. The molecule has 6 aromatic carbocycles. The predicted molar refractivity (Wildman–Crippen MR) is 259 cm³/mol. The van der Waals surface area contributed by atoms with Crippen LogP contribution in [0.3, 0.4) is 0 Å². The number of hydrogen-bond donors (Lipinski definition) is 0. The third-order valence-corrected chi connectivity index (χ3v) is 15.4. The molecule has 0 bridgehead atoms. The van der Waals surface area contributed by atoms with Crippen LogP contribution in [0.25, 0.3) is 21.9 Å². The van der Waals surface area contributed by atoms with E-state index in [0.29, 0.717) is 0 Å². The highest BCUT2D eigenvalue weighted by Gasteiger charge is 2.51. The summed E-state index contributed by atoms with van der Waals surface area (Å²) in [7, 11) is 0. The monoisotopic (exact) mass is 788 g/mol. The molecule has 0 atom stereocenters. The normalized spacial score (nSPS) is 16.4.